The lowest BCUT2D eigenvalue weighted by Crippen LogP contribution is -2.43. The van der Waals surface area contributed by atoms with E-state index in [0.717, 1.165) is 50.0 Å². The van der Waals surface area contributed by atoms with Crippen molar-refractivity contribution in [2.75, 3.05) is 19.7 Å². The number of aliphatic imine (C=N–C) groups is 1. The van der Waals surface area contributed by atoms with Gasteiger partial charge in [-0.25, -0.2) is 4.99 Å². The first-order chi connectivity index (χ1) is 14.4. The van der Waals surface area contributed by atoms with Crippen molar-refractivity contribution in [1.82, 2.24) is 20.4 Å². The van der Waals surface area contributed by atoms with Gasteiger partial charge < -0.3 is 19.8 Å². The summed E-state index contributed by atoms with van der Waals surface area (Å²) in [4.78, 5) is 4.77. The molecule has 3 heterocycles. The third-order valence-electron chi connectivity index (χ3n) is 5.78. The number of nitrogens with zero attached hydrogens (tertiary/aromatic N) is 3. The van der Waals surface area contributed by atoms with Crippen molar-refractivity contribution < 1.29 is 9.15 Å². The summed E-state index contributed by atoms with van der Waals surface area (Å²) in [5.41, 5.74) is 1.01. The molecule has 1 unspecified atom stereocenters. The van der Waals surface area contributed by atoms with Crippen molar-refractivity contribution in [3.8, 4) is 0 Å². The van der Waals surface area contributed by atoms with Crippen molar-refractivity contribution in [3.05, 3.63) is 42.1 Å². The Bertz CT molecular complexity index is 743. The first-order valence-electron chi connectivity index (χ1n) is 11.1. The van der Waals surface area contributed by atoms with Crippen LogP contribution in [0.5, 0.6) is 0 Å². The van der Waals surface area contributed by atoms with Crippen LogP contribution in [0.15, 0.2) is 40.1 Å². The fraction of sp³-hybridized carbons (Fsp3) is 0.636. The highest BCUT2D eigenvalue weighted by Crippen LogP contribution is 2.28. The molecule has 0 spiro atoms. The van der Waals surface area contributed by atoms with Crippen molar-refractivity contribution in [2.45, 2.75) is 70.1 Å². The number of aromatic nitrogens is 2. The molecule has 1 atom stereocenters. The molecular formula is C22H33N5O2. The van der Waals surface area contributed by atoms with Crippen LogP contribution in [0.4, 0.5) is 0 Å². The predicted molar refractivity (Wildman–Crippen MR) is 113 cm³/mol. The molecule has 2 aromatic heterocycles. The average molecular weight is 400 g/mol. The number of rotatable bonds is 8. The summed E-state index contributed by atoms with van der Waals surface area (Å²) in [6.07, 6.45) is 13.5. The maximum absolute atomic E-state index is 5.84. The molecule has 0 amide bonds. The van der Waals surface area contributed by atoms with Gasteiger partial charge in [0, 0.05) is 32.3 Å². The number of ether oxygens (including phenoxy) is 1. The molecule has 1 saturated heterocycles. The zero-order valence-corrected chi connectivity index (χ0v) is 17.2. The molecule has 7 heteroatoms. The summed E-state index contributed by atoms with van der Waals surface area (Å²) in [7, 11) is 0. The normalized spacial score (nSPS) is 20.8. The molecule has 1 saturated carbocycles. The van der Waals surface area contributed by atoms with Gasteiger partial charge in [-0.05, 0) is 50.3 Å². The molecule has 0 bridgehead atoms. The van der Waals surface area contributed by atoms with E-state index < -0.39 is 0 Å². The number of hydrogen-bond acceptors (Lipinski definition) is 4. The predicted octanol–water partition coefficient (Wildman–Crippen LogP) is 3.44. The minimum atomic E-state index is 0.266. The Morgan fingerprint density at radius 3 is 2.83 bits per heavy atom. The molecule has 29 heavy (non-hydrogen) atoms. The lowest BCUT2D eigenvalue weighted by molar-refractivity contribution is 0.0194. The van der Waals surface area contributed by atoms with Crippen LogP contribution in [0.2, 0.25) is 0 Å². The van der Waals surface area contributed by atoms with Crippen LogP contribution in [0.3, 0.4) is 0 Å². The molecule has 0 aromatic carbocycles. The van der Waals surface area contributed by atoms with Gasteiger partial charge in [-0.15, -0.1) is 0 Å². The van der Waals surface area contributed by atoms with Gasteiger partial charge in [-0.3, -0.25) is 4.68 Å². The molecular weight excluding hydrogens is 366 g/mol. The quantitative estimate of drug-likeness (QED) is 0.525. The van der Waals surface area contributed by atoms with Gasteiger partial charge in [0.2, 0.25) is 0 Å². The van der Waals surface area contributed by atoms with E-state index in [4.69, 9.17) is 19.2 Å². The van der Waals surface area contributed by atoms with Crippen LogP contribution in [-0.4, -0.2) is 41.5 Å². The van der Waals surface area contributed by atoms with E-state index in [9.17, 15) is 0 Å². The molecule has 7 nitrogen and oxygen atoms in total. The zero-order valence-electron chi connectivity index (χ0n) is 17.2. The Morgan fingerprint density at radius 2 is 2.03 bits per heavy atom. The largest absolute Gasteiger partial charge is 0.469 e. The van der Waals surface area contributed by atoms with E-state index in [1.54, 1.807) is 6.26 Å². The summed E-state index contributed by atoms with van der Waals surface area (Å²) < 4.78 is 13.4. The smallest absolute Gasteiger partial charge is 0.191 e. The summed E-state index contributed by atoms with van der Waals surface area (Å²) in [6, 6.07) is 6.58. The van der Waals surface area contributed by atoms with Crippen LogP contribution in [0.1, 0.15) is 62.4 Å². The number of furan rings is 1. The minimum absolute atomic E-state index is 0.266. The van der Waals surface area contributed by atoms with E-state index in [-0.39, 0.29) is 6.10 Å². The highest BCUT2D eigenvalue weighted by molar-refractivity contribution is 5.79. The van der Waals surface area contributed by atoms with Crippen molar-refractivity contribution in [2.24, 2.45) is 4.99 Å². The van der Waals surface area contributed by atoms with Gasteiger partial charge in [0.05, 0.1) is 30.6 Å². The highest BCUT2D eigenvalue weighted by atomic mass is 16.5. The van der Waals surface area contributed by atoms with Gasteiger partial charge in [-0.1, -0.05) is 12.8 Å². The molecule has 2 fully saturated rings. The SMILES string of the molecule is c1coc(CCNC(=NCc2ccn(C3CCCC3)n2)NCC2CCCCO2)c1. The zero-order chi connectivity index (χ0) is 19.7. The van der Waals surface area contributed by atoms with E-state index in [1.807, 2.05) is 12.1 Å². The maximum Gasteiger partial charge on any atom is 0.191 e. The van der Waals surface area contributed by atoms with Crippen molar-refractivity contribution in [3.63, 3.8) is 0 Å². The molecule has 2 N–H and O–H groups in total. The summed E-state index contributed by atoms with van der Waals surface area (Å²) in [5.74, 6) is 1.78. The minimum Gasteiger partial charge on any atom is -0.469 e. The van der Waals surface area contributed by atoms with Crippen LogP contribution in [-0.2, 0) is 17.7 Å². The van der Waals surface area contributed by atoms with Gasteiger partial charge in [-0.2, -0.15) is 5.10 Å². The lowest BCUT2D eigenvalue weighted by atomic mass is 10.1. The third-order valence-corrected chi connectivity index (χ3v) is 5.78. The van der Waals surface area contributed by atoms with Crippen molar-refractivity contribution >= 4 is 5.96 Å². The molecule has 4 rings (SSSR count). The van der Waals surface area contributed by atoms with E-state index >= 15 is 0 Å². The standard InChI is InChI=1S/C22H33N5O2/c1-2-7-19(6-1)27-13-11-18(26-27)16-24-22(23-12-10-20-9-5-15-28-20)25-17-21-8-3-4-14-29-21/h5,9,11,13,15,19,21H,1-4,6-8,10,12,14,16-17H2,(H2,23,24,25). The lowest BCUT2D eigenvalue weighted by Gasteiger charge is -2.23. The second kappa shape index (κ2) is 10.5. The first kappa shape index (κ1) is 20.0. The number of guanidine groups is 1. The Morgan fingerprint density at radius 1 is 1.14 bits per heavy atom. The first-order valence-corrected chi connectivity index (χ1v) is 11.1. The molecule has 0 radical (unpaired) electrons. The van der Waals surface area contributed by atoms with E-state index in [0.29, 0.717) is 12.6 Å². The monoisotopic (exact) mass is 399 g/mol. The summed E-state index contributed by atoms with van der Waals surface area (Å²) in [5, 5.41) is 11.6. The Kier molecular flexibility index (Phi) is 7.23. The fourth-order valence-electron chi connectivity index (χ4n) is 4.11. The summed E-state index contributed by atoms with van der Waals surface area (Å²) >= 11 is 0. The molecule has 2 aliphatic rings. The van der Waals surface area contributed by atoms with Crippen LogP contribution in [0.25, 0.3) is 0 Å². The van der Waals surface area contributed by atoms with E-state index in [1.165, 1.54) is 38.5 Å². The number of hydrogen-bond donors (Lipinski definition) is 2. The third kappa shape index (κ3) is 6.10. The Hall–Kier alpha value is -2.28. The second-order valence-corrected chi connectivity index (χ2v) is 8.02. The highest BCUT2D eigenvalue weighted by Gasteiger charge is 2.17. The van der Waals surface area contributed by atoms with Crippen LogP contribution in [0, 0.1) is 0 Å². The van der Waals surface area contributed by atoms with Crippen molar-refractivity contribution in [1.29, 1.82) is 0 Å². The van der Waals surface area contributed by atoms with Gasteiger partial charge in [0.1, 0.15) is 5.76 Å². The molecule has 2 aromatic rings. The summed E-state index contributed by atoms with van der Waals surface area (Å²) in [6.45, 7) is 2.98. The van der Waals surface area contributed by atoms with Crippen LogP contribution >= 0.6 is 0 Å². The Labute approximate surface area is 172 Å². The average Bonchev–Trinajstić information content (AvgIpc) is 3.52. The number of nitrogens with one attached hydrogen (secondary N) is 2. The van der Waals surface area contributed by atoms with Gasteiger partial charge in [0.25, 0.3) is 0 Å². The van der Waals surface area contributed by atoms with E-state index in [2.05, 4.69) is 27.6 Å². The maximum atomic E-state index is 5.84. The Balaban J connectivity index is 1.32. The molecule has 1 aliphatic heterocycles. The second-order valence-electron chi connectivity index (χ2n) is 8.02. The van der Waals surface area contributed by atoms with Crippen LogP contribution < -0.4 is 10.6 Å². The fourth-order valence-corrected chi connectivity index (χ4v) is 4.11. The molecule has 1 aliphatic carbocycles. The van der Waals surface area contributed by atoms with Gasteiger partial charge in [0.15, 0.2) is 5.96 Å². The van der Waals surface area contributed by atoms with Gasteiger partial charge >= 0.3 is 0 Å². The topological polar surface area (TPSA) is 76.6 Å². The molecule has 158 valence electrons.